The van der Waals surface area contributed by atoms with Crippen molar-refractivity contribution in [1.82, 2.24) is 14.5 Å². The number of hydrogen-bond donors (Lipinski definition) is 1. The van der Waals surface area contributed by atoms with E-state index in [1.54, 1.807) is 18.4 Å². The maximum atomic E-state index is 11.9. The number of nitrogens with one attached hydrogen (secondary N) is 1. The Morgan fingerprint density at radius 1 is 1.36 bits per heavy atom. The molecule has 6 nitrogen and oxygen atoms in total. The molecule has 116 valence electrons. The van der Waals surface area contributed by atoms with E-state index in [-0.39, 0.29) is 11.5 Å². The van der Waals surface area contributed by atoms with Crippen molar-refractivity contribution in [3.8, 4) is 0 Å². The van der Waals surface area contributed by atoms with Crippen molar-refractivity contribution in [2.45, 2.75) is 6.42 Å². The second-order valence-corrected chi connectivity index (χ2v) is 5.83. The first-order valence-corrected chi connectivity index (χ1v) is 7.62. The highest BCUT2D eigenvalue weighted by Gasteiger charge is 2.04. The summed E-state index contributed by atoms with van der Waals surface area (Å²) in [5, 5.41) is 4.75. The predicted octanol–water partition coefficient (Wildman–Crippen LogP) is 0.518. The lowest BCUT2D eigenvalue weighted by Crippen LogP contribution is -2.37. The molecule has 0 aliphatic heterocycles. The van der Waals surface area contributed by atoms with Crippen LogP contribution in [0.25, 0.3) is 6.08 Å². The Morgan fingerprint density at radius 3 is 2.82 bits per heavy atom. The van der Waals surface area contributed by atoms with Gasteiger partial charge in [0.2, 0.25) is 5.91 Å². The van der Waals surface area contributed by atoms with Gasteiger partial charge in [0.15, 0.2) is 0 Å². The lowest BCUT2D eigenvalue weighted by molar-refractivity contribution is -0.116. The molecule has 0 radical (unpaired) electrons. The summed E-state index contributed by atoms with van der Waals surface area (Å²) in [4.78, 5) is 36.4. The van der Waals surface area contributed by atoms with Crippen LogP contribution in [0.5, 0.6) is 0 Å². The molecule has 2 heterocycles. The molecule has 0 saturated carbocycles. The normalized spacial score (nSPS) is 11.0. The summed E-state index contributed by atoms with van der Waals surface area (Å²) in [7, 11) is 2.96. The summed E-state index contributed by atoms with van der Waals surface area (Å²) in [6.45, 7) is 0.537. The number of carbonyl (C=O) groups is 1. The average Bonchev–Trinajstić information content (AvgIpc) is 3.01. The third-order valence-corrected chi connectivity index (χ3v) is 4.07. The molecule has 0 fully saturated rings. The van der Waals surface area contributed by atoms with Gasteiger partial charge < -0.3 is 9.88 Å². The number of aromatic nitrogens is 2. The summed E-state index contributed by atoms with van der Waals surface area (Å²) in [5.41, 5.74) is -0.536. The Bertz CT molecular complexity index is 800. The Kier molecular flexibility index (Phi) is 5.11. The largest absolute Gasteiger partial charge is 0.352 e. The zero-order valence-corrected chi connectivity index (χ0v) is 13.2. The fourth-order valence-corrected chi connectivity index (χ4v) is 2.65. The highest BCUT2D eigenvalue weighted by atomic mass is 32.1. The van der Waals surface area contributed by atoms with Gasteiger partial charge in [-0.3, -0.25) is 14.2 Å². The third-order valence-electron chi connectivity index (χ3n) is 3.14. The number of thiophene rings is 1. The van der Waals surface area contributed by atoms with Crippen LogP contribution in [-0.2, 0) is 25.3 Å². The van der Waals surface area contributed by atoms with E-state index in [1.807, 2.05) is 17.5 Å². The predicted molar refractivity (Wildman–Crippen MR) is 87.0 cm³/mol. The molecule has 1 N–H and O–H groups in total. The molecule has 0 aliphatic carbocycles. The zero-order chi connectivity index (χ0) is 16.1. The van der Waals surface area contributed by atoms with Gasteiger partial charge >= 0.3 is 5.69 Å². The topological polar surface area (TPSA) is 73.1 Å². The second-order valence-electron chi connectivity index (χ2n) is 4.80. The maximum absolute atomic E-state index is 11.9. The molecule has 0 atom stereocenters. The number of rotatable bonds is 5. The summed E-state index contributed by atoms with van der Waals surface area (Å²) in [6.07, 6.45) is 4.91. The minimum atomic E-state index is -0.425. The van der Waals surface area contributed by atoms with Gasteiger partial charge in [-0.15, -0.1) is 11.3 Å². The monoisotopic (exact) mass is 319 g/mol. The lowest BCUT2D eigenvalue weighted by Gasteiger charge is -2.03. The SMILES string of the molecule is Cn1cc(/C=C/C(=O)NCCc2cccs2)c(=O)n(C)c1=O. The van der Waals surface area contributed by atoms with Gasteiger partial charge in [-0.25, -0.2) is 4.79 Å². The summed E-state index contributed by atoms with van der Waals surface area (Å²) >= 11 is 1.65. The van der Waals surface area contributed by atoms with Gasteiger partial charge in [0.25, 0.3) is 5.56 Å². The third kappa shape index (κ3) is 3.82. The first kappa shape index (κ1) is 16.0. The molecule has 22 heavy (non-hydrogen) atoms. The van der Waals surface area contributed by atoms with E-state index in [1.165, 1.54) is 34.8 Å². The van der Waals surface area contributed by atoms with Crippen molar-refractivity contribution in [2.24, 2.45) is 14.1 Å². The highest BCUT2D eigenvalue weighted by molar-refractivity contribution is 7.09. The molecule has 0 unspecified atom stereocenters. The van der Waals surface area contributed by atoms with Crippen molar-refractivity contribution in [2.75, 3.05) is 6.54 Å². The zero-order valence-electron chi connectivity index (χ0n) is 12.4. The van der Waals surface area contributed by atoms with E-state index in [4.69, 9.17) is 0 Å². The highest BCUT2D eigenvalue weighted by Crippen LogP contribution is 2.07. The van der Waals surface area contributed by atoms with Crippen molar-refractivity contribution < 1.29 is 4.79 Å². The van der Waals surface area contributed by atoms with Crippen LogP contribution < -0.4 is 16.6 Å². The standard InChI is InChI=1S/C15H17N3O3S/c1-17-10-11(14(20)18(2)15(17)21)5-6-13(19)16-8-7-12-4-3-9-22-12/h3-6,9-10H,7-8H2,1-2H3,(H,16,19)/b6-5+. The Balaban J connectivity index is 1.98. The number of aryl methyl sites for hydroxylation is 1. The average molecular weight is 319 g/mol. The van der Waals surface area contributed by atoms with Crippen LogP contribution in [0.2, 0.25) is 0 Å². The van der Waals surface area contributed by atoms with E-state index in [0.29, 0.717) is 6.54 Å². The number of amides is 1. The molecule has 2 aromatic rings. The van der Waals surface area contributed by atoms with Crippen LogP contribution in [0.3, 0.4) is 0 Å². The van der Waals surface area contributed by atoms with Crippen molar-refractivity contribution in [1.29, 1.82) is 0 Å². The Labute approximate surface area is 131 Å². The minimum absolute atomic E-state index is 0.271. The summed E-state index contributed by atoms with van der Waals surface area (Å²) in [6, 6.07) is 3.98. The maximum Gasteiger partial charge on any atom is 0.330 e. The molecule has 0 saturated heterocycles. The van der Waals surface area contributed by atoms with Gasteiger partial charge in [0, 0.05) is 37.8 Å². The molecule has 0 spiro atoms. The molecule has 0 bridgehead atoms. The molecule has 1 amide bonds. The molecule has 0 aromatic carbocycles. The fourth-order valence-electron chi connectivity index (χ4n) is 1.94. The quantitative estimate of drug-likeness (QED) is 0.817. The van der Waals surface area contributed by atoms with Gasteiger partial charge in [0.05, 0.1) is 5.56 Å². The number of nitrogens with zero attached hydrogens (tertiary/aromatic N) is 2. The van der Waals surface area contributed by atoms with Crippen LogP contribution in [0, 0.1) is 0 Å². The summed E-state index contributed by atoms with van der Waals surface area (Å²) < 4.78 is 2.31. The molecule has 0 aliphatic rings. The van der Waals surface area contributed by atoms with E-state index >= 15 is 0 Å². The van der Waals surface area contributed by atoms with Crippen LogP contribution >= 0.6 is 11.3 Å². The Morgan fingerprint density at radius 2 is 2.14 bits per heavy atom. The van der Waals surface area contributed by atoms with E-state index in [9.17, 15) is 14.4 Å². The number of hydrogen-bond acceptors (Lipinski definition) is 4. The molecular formula is C15H17N3O3S. The van der Waals surface area contributed by atoms with E-state index in [0.717, 1.165) is 11.0 Å². The van der Waals surface area contributed by atoms with E-state index < -0.39 is 11.2 Å². The van der Waals surface area contributed by atoms with Crippen molar-refractivity contribution >= 4 is 23.3 Å². The van der Waals surface area contributed by atoms with E-state index in [2.05, 4.69) is 5.32 Å². The number of carbonyl (C=O) groups excluding carboxylic acids is 1. The van der Waals surface area contributed by atoms with Crippen LogP contribution in [0.4, 0.5) is 0 Å². The summed E-state index contributed by atoms with van der Waals surface area (Å²) in [5.74, 6) is -0.271. The first-order chi connectivity index (χ1) is 10.5. The van der Waals surface area contributed by atoms with Gasteiger partial charge in [0.1, 0.15) is 0 Å². The molecule has 2 rings (SSSR count). The van der Waals surface area contributed by atoms with Crippen molar-refractivity contribution in [3.05, 3.63) is 61.1 Å². The van der Waals surface area contributed by atoms with Crippen molar-refractivity contribution in [3.63, 3.8) is 0 Å². The second kappa shape index (κ2) is 7.04. The van der Waals surface area contributed by atoms with Gasteiger partial charge in [-0.1, -0.05) is 6.07 Å². The fraction of sp³-hybridized carbons (Fsp3) is 0.267. The molecular weight excluding hydrogens is 302 g/mol. The minimum Gasteiger partial charge on any atom is -0.352 e. The molecule has 7 heteroatoms. The molecule has 2 aromatic heterocycles. The smallest absolute Gasteiger partial charge is 0.330 e. The van der Waals surface area contributed by atoms with Crippen LogP contribution in [0.15, 0.2) is 39.4 Å². The van der Waals surface area contributed by atoms with Crippen LogP contribution in [-0.4, -0.2) is 21.6 Å². The van der Waals surface area contributed by atoms with Crippen LogP contribution in [0.1, 0.15) is 10.4 Å². The van der Waals surface area contributed by atoms with Gasteiger partial charge in [-0.05, 0) is 23.9 Å². The Hall–Kier alpha value is -2.41. The lowest BCUT2D eigenvalue weighted by atomic mass is 10.3. The van der Waals surface area contributed by atoms with Gasteiger partial charge in [-0.2, -0.15) is 0 Å². The first-order valence-electron chi connectivity index (χ1n) is 6.74.